The van der Waals surface area contributed by atoms with E-state index in [0.717, 1.165) is 5.56 Å². The van der Waals surface area contributed by atoms with Crippen molar-refractivity contribution in [1.29, 1.82) is 0 Å². The van der Waals surface area contributed by atoms with E-state index in [1.807, 2.05) is 0 Å². The highest BCUT2D eigenvalue weighted by Gasteiger charge is 1.98. The quantitative estimate of drug-likeness (QED) is 0.724. The van der Waals surface area contributed by atoms with Gasteiger partial charge in [0.2, 0.25) is 5.91 Å². The van der Waals surface area contributed by atoms with Gasteiger partial charge in [0.25, 0.3) is 0 Å². The smallest absolute Gasteiger partial charge is 0.248 e. The molecule has 0 radical (unpaired) electrons. The van der Waals surface area contributed by atoms with Gasteiger partial charge in [0.15, 0.2) is 0 Å². The number of carbonyl (C=O) groups excluding carboxylic acids is 1. The highest BCUT2D eigenvalue weighted by molar-refractivity contribution is 5.92. The van der Waals surface area contributed by atoms with Crippen molar-refractivity contribution in [2.45, 2.75) is 6.42 Å². The zero-order chi connectivity index (χ0) is 8.97. The van der Waals surface area contributed by atoms with Crippen molar-refractivity contribution in [3.63, 3.8) is 0 Å². The maximum Gasteiger partial charge on any atom is 0.248 e. The fourth-order valence-electron chi connectivity index (χ4n) is 0.945. The van der Waals surface area contributed by atoms with Crippen molar-refractivity contribution in [3.05, 3.63) is 35.4 Å². The molecule has 0 bridgehead atoms. The summed E-state index contributed by atoms with van der Waals surface area (Å²) in [5, 5.41) is 0. The SMILES string of the molecule is NC(=O)c1ccc(CCF)cc1. The summed E-state index contributed by atoms with van der Waals surface area (Å²) in [6.07, 6.45) is 0.388. The fraction of sp³-hybridized carbons (Fsp3) is 0.222. The molecule has 2 nitrogen and oxygen atoms in total. The number of rotatable bonds is 3. The van der Waals surface area contributed by atoms with E-state index in [-0.39, 0.29) is 6.67 Å². The number of halogens is 1. The second-order valence-corrected chi connectivity index (χ2v) is 2.50. The number of alkyl halides is 1. The summed E-state index contributed by atoms with van der Waals surface area (Å²) in [6.45, 7) is -0.379. The number of hydrogen-bond donors (Lipinski definition) is 1. The molecule has 12 heavy (non-hydrogen) atoms. The van der Waals surface area contributed by atoms with E-state index in [4.69, 9.17) is 5.73 Å². The van der Waals surface area contributed by atoms with E-state index in [0.29, 0.717) is 12.0 Å². The van der Waals surface area contributed by atoms with Gasteiger partial charge in [0, 0.05) is 12.0 Å². The van der Waals surface area contributed by atoms with Crippen LogP contribution < -0.4 is 5.73 Å². The van der Waals surface area contributed by atoms with Gasteiger partial charge in [-0.25, -0.2) is 0 Å². The lowest BCUT2D eigenvalue weighted by atomic mass is 10.1. The Labute approximate surface area is 70.2 Å². The van der Waals surface area contributed by atoms with Gasteiger partial charge >= 0.3 is 0 Å². The third kappa shape index (κ3) is 2.05. The van der Waals surface area contributed by atoms with Gasteiger partial charge in [-0.05, 0) is 17.7 Å². The van der Waals surface area contributed by atoms with Crippen LogP contribution in [0.1, 0.15) is 15.9 Å². The normalized spacial score (nSPS) is 9.75. The van der Waals surface area contributed by atoms with Crippen molar-refractivity contribution in [1.82, 2.24) is 0 Å². The number of amides is 1. The van der Waals surface area contributed by atoms with Crippen molar-refractivity contribution in [3.8, 4) is 0 Å². The molecular weight excluding hydrogens is 157 g/mol. The number of aryl methyl sites for hydroxylation is 1. The lowest BCUT2D eigenvalue weighted by Gasteiger charge is -1.97. The average molecular weight is 167 g/mol. The Morgan fingerprint density at radius 2 is 1.92 bits per heavy atom. The molecule has 0 fully saturated rings. The molecule has 1 rings (SSSR count). The van der Waals surface area contributed by atoms with Crippen LogP contribution in [0.25, 0.3) is 0 Å². The van der Waals surface area contributed by atoms with E-state index in [1.54, 1.807) is 24.3 Å². The summed E-state index contributed by atoms with van der Waals surface area (Å²) >= 11 is 0. The van der Waals surface area contributed by atoms with Crippen molar-refractivity contribution >= 4 is 5.91 Å². The third-order valence-corrected chi connectivity index (χ3v) is 1.62. The highest BCUT2D eigenvalue weighted by Crippen LogP contribution is 2.04. The van der Waals surface area contributed by atoms with E-state index >= 15 is 0 Å². The standard InChI is InChI=1S/C9H10FNO/c10-6-5-7-1-3-8(4-2-7)9(11)12/h1-4H,5-6H2,(H2,11,12). The molecule has 0 heterocycles. The predicted molar refractivity (Wildman–Crippen MR) is 44.6 cm³/mol. The number of benzene rings is 1. The van der Waals surface area contributed by atoms with Crippen LogP contribution in [-0.2, 0) is 6.42 Å². The zero-order valence-corrected chi connectivity index (χ0v) is 6.59. The Kier molecular flexibility index (Phi) is 2.80. The van der Waals surface area contributed by atoms with Gasteiger partial charge < -0.3 is 5.73 Å². The highest BCUT2D eigenvalue weighted by atomic mass is 19.1. The molecule has 0 aliphatic rings. The monoisotopic (exact) mass is 167 g/mol. The third-order valence-electron chi connectivity index (χ3n) is 1.62. The first kappa shape index (κ1) is 8.71. The molecule has 1 amide bonds. The molecule has 1 aromatic rings. The Balaban J connectivity index is 2.78. The van der Waals surface area contributed by atoms with Gasteiger partial charge in [-0.3, -0.25) is 9.18 Å². The van der Waals surface area contributed by atoms with Crippen LogP contribution in [0.15, 0.2) is 24.3 Å². The lowest BCUT2D eigenvalue weighted by molar-refractivity contribution is 0.100. The zero-order valence-electron chi connectivity index (χ0n) is 6.59. The Bertz CT molecular complexity index is 268. The summed E-state index contributed by atoms with van der Waals surface area (Å²) in [7, 11) is 0. The van der Waals surface area contributed by atoms with Crippen LogP contribution in [-0.4, -0.2) is 12.6 Å². The molecule has 1 aromatic carbocycles. The van der Waals surface area contributed by atoms with Crippen molar-refractivity contribution in [2.24, 2.45) is 5.73 Å². The summed E-state index contributed by atoms with van der Waals surface area (Å²) in [4.78, 5) is 10.6. The molecule has 0 saturated heterocycles. The van der Waals surface area contributed by atoms with E-state index < -0.39 is 5.91 Å². The number of nitrogens with two attached hydrogens (primary N) is 1. The summed E-state index contributed by atoms with van der Waals surface area (Å²) in [6, 6.07) is 6.62. The minimum atomic E-state index is -0.457. The minimum Gasteiger partial charge on any atom is -0.366 e. The molecule has 64 valence electrons. The lowest BCUT2D eigenvalue weighted by Crippen LogP contribution is -2.10. The van der Waals surface area contributed by atoms with Crippen LogP contribution in [0.2, 0.25) is 0 Å². The Morgan fingerprint density at radius 3 is 2.33 bits per heavy atom. The number of carbonyl (C=O) groups is 1. The molecule has 2 N–H and O–H groups in total. The van der Waals surface area contributed by atoms with Gasteiger partial charge in [0.05, 0.1) is 6.67 Å². The molecule has 0 unspecified atom stereocenters. The molecule has 3 heteroatoms. The van der Waals surface area contributed by atoms with Crippen LogP contribution in [0.4, 0.5) is 4.39 Å². The second kappa shape index (κ2) is 3.85. The summed E-state index contributed by atoms with van der Waals surface area (Å²) in [5.41, 5.74) is 6.36. The first-order valence-corrected chi connectivity index (χ1v) is 3.68. The van der Waals surface area contributed by atoms with E-state index in [1.165, 1.54) is 0 Å². The number of primary amides is 1. The maximum absolute atomic E-state index is 11.8. The first-order chi connectivity index (χ1) is 5.74. The average Bonchev–Trinajstić information content (AvgIpc) is 2.06. The van der Waals surface area contributed by atoms with E-state index in [2.05, 4.69) is 0 Å². The molecule has 0 atom stereocenters. The van der Waals surface area contributed by atoms with E-state index in [9.17, 15) is 9.18 Å². The van der Waals surface area contributed by atoms with Crippen molar-refractivity contribution in [2.75, 3.05) is 6.67 Å². The van der Waals surface area contributed by atoms with Crippen LogP contribution in [0.5, 0.6) is 0 Å². The van der Waals surface area contributed by atoms with Crippen LogP contribution >= 0.6 is 0 Å². The van der Waals surface area contributed by atoms with Gasteiger partial charge in [0.1, 0.15) is 0 Å². The minimum absolute atomic E-state index is 0.379. The van der Waals surface area contributed by atoms with Gasteiger partial charge in [-0.15, -0.1) is 0 Å². The fourth-order valence-corrected chi connectivity index (χ4v) is 0.945. The summed E-state index contributed by atoms with van der Waals surface area (Å²) in [5.74, 6) is -0.457. The first-order valence-electron chi connectivity index (χ1n) is 3.68. The Morgan fingerprint density at radius 1 is 1.33 bits per heavy atom. The topological polar surface area (TPSA) is 43.1 Å². The van der Waals surface area contributed by atoms with Crippen molar-refractivity contribution < 1.29 is 9.18 Å². The van der Waals surface area contributed by atoms with Gasteiger partial charge in [-0.2, -0.15) is 0 Å². The molecule has 0 aliphatic heterocycles. The summed E-state index contributed by atoms with van der Waals surface area (Å²) < 4.78 is 11.8. The van der Waals surface area contributed by atoms with Gasteiger partial charge in [-0.1, -0.05) is 12.1 Å². The Hall–Kier alpha value is -1.38. The number of hydrogen-bond acceptors (Lipinski definition) is 1. The predicted octanol–water partition coefficient (Wildman–Crippen LogP) is 1.30. The largest absolute Gasteiger partial charge is 0.366 e. The maximum atomic E-state index is 11.8. The molecule has 0 aliphatic carbocycles. The molecule has 0 saturated carbocycles. The molecular formula is C9H10FNO. The molecule has 0 aromatic heterocycles. The van der Waals surface area contributed by atoms with Crippen LogP contribution in [0.3, 0.4) is 0 Å². The van der Waals surface area contributed by atoms with Crippen LogP contribution in [0, 0.1) is 0 Å². The second-order valence-electron chi connectivity index (χ2n) is 2.50. The molecule has 0 spiro atoms.